The second-order valence-electron chi connectivity index (χ2n) is 3.43. The fraction of sp³-hybridized carbons (Fsp3) is 1.00. The van der Waals surface area contributed by atoms with Crippen molar-refractivity contribution in [3.63, 3.8) is 0 Å². The summed E-state index contributed by atoms with van der Waals surface area (Å²) in [6, 6.07) is 0. The van der Waals surface area contributed by atoms with Crippen LogP contribution in [-0.4, -0.2) is 43.5 Å². The van der Waals surface area contributed by atoms with Gasteiger partial charge in [-0.3, -0.25) is 4.18 Å². The smallest absolute Gasteiger partial charge is 0.217 e. The Morgan fingerprint density at radius 2 is 2.29 bits per heavy atom. The molecule has 1 saturated heterocycles. The van der Waals surface area contributed by atoms with E-state index in [0.717, 1.165) is 0 Å². The minimum absolute atomic E-state index is 0.0232. The van der Waals surface area contributed by atoms with E-state index in [-0.39, 0.29) is 18.9 Å². The number of hydrogen-bond donors (Lipinski definition) is 1. The maximum atomic E-state index is 10.1. The summed E-state index contributed by atoms with van der Waals surface area (Å²) in [5.74, 6) is 0.0232. The Morgan fingerprint density at radius 1 is 1.64 bits per heavy atom. The van der Waals surface area contributed by atoms with Gasteiger partial charge in [0, 0.05) is 12.3 Å². The van der Waals surface area contributed by atoms with Gasteiger partial charge in [-0.2, -0.15) is 0 Å². The average molecular weight is 225 g/mol. The van der Waals surface area contributed by atoms with Gasteiger partial charge in [0.1, 0.15) is 0 Å². The molecule has 0 aromatic rings. The third-order valence-corrected chi connectivity index (χ3v) is 2.58. The van der Waals surface area contributed by atoms with Crippen LogP contribution in [0.15, 0.2) is 0 Å². The Labute approximate surface area is 82.8 Å². The molecule has 0 saturated carbocycles. The molecule has 14 heavy (non-hydrogen) atoms. The number of rotatable bonds is 3. The topological polar surface area (TPSA) is 95.9 Å². The van der Waals surface area contributed by atoms with Gasteiger partial charge in [0.15, 0.2) is 0 Å². The van der Waals surface area contributed by atoms with E-state index in [0.29, 0.717) is 6.61 Å². The lowest BCUT2D eigenvalue weighted by molar-refractivity contribution is -0.0906. The van der Waals surface area contributed by atoms with Gasteiger partial charge in [-0.15, -0.1) is 0 Å². The van der Waals surface area contributed by atoms with Crippen molar-refractivity contribution in [1.82, 2.24) is 0 Å². The van der Waals surface area contributed by atoms with Gasteiger partial charge in [-0.1, -0.05) is 6.92 Å². The highest BCUT2D eigenvalue weighted by Crippen LogP contribution is 2.19. The molecular weight excluding hydrogens is 212 g/mol. The summed E-state index contributed by atoms with van der Waals surface area (Å²) in [5.41, 5.74) is 0. The molecule has 1 N–H and O–H groups in total. The fourth-order valence-electron chi connectivity index (χ4n) is 1.24. The van der Waals surface area contributed by atoms with E-state index < -0.39 is 22.6 Å². The standard InChI is InChI=1S/C7H14O6S/c1-5-3-12-6(2-7(5)8)4-13-14(9,10)11/h5-8H,2-4H2,1H3,(H,9,10,11)/p-1. The molecule has 1 heterocycles. The van der Waals surface area contributed by atoms with E-state index in [1.54, 1.807) is 0 Å². The van der Waals surface area contributed by atoms with Crippen LogP contribution in [0.3, 0.4) is 0 Å². The summed E-state index contributed by atoms with van der Waals surface area (Å²) in [5, 5.41) is 9.41. The lowest BCUT2D eigenvalue weighted by Gasteiger charge is -2.31. The van der Waals surface area contributed by atoms with Crippen molar-refractivity contribution >= 4 is 10.4 Å². The highest BCUT2D eigenvalue weighted by molar-refractivity contribution is 7.80. The SMILES string of the molecule is CC1COC(COS(=O)(=O)[O-])CC1O. The van der Waals surface area contributed by atoms with E-state index in [1.165, 1.54) is 0 Å². The van der Waals surface area contributed by atoms with Crippen molar-refractivity contribution in [2.24, 2.45) is 5.92 Å². The molecule has 0 aromatic carbocycles. The number of hydrogen-bond acceptors (Lipinski definition) is 6. The third kappa shape index (κ3) is 3.89. The molecule has 84 valence electrons. The Balaban J connectivity index is 2.34. The minimum atomic E-state index is -4.67. The minimum Gasteiger partial charge on any atom is -0.726 e. The van der Waals surface area contributed by atoms with Gasteiger partial charge in [-0.25, -0.2) is 8.42 Å². The van der Waals surface area contributed by atoms with Crippen molar-refractivity contribution in [2.75, 3.05) is 13.2 Å². The molecule has 0 spiro atoms. The lowest BCUT2D eigenvalue weighted by atomic mass is 9.97. The first-order chi connectivity index (χ1) is 6.38. The van der Waals surface area contributed by atoms with Crippen LogP contribution >= 0.6 is 0 Å². The van der Waals surface area contributed by atoms with E-state index in [4.69, 9.17) is 4.74 Å². The summed E-state index contributed by atoms with van der Waals surface area (Å²) in [6.07, 6.45) is -0.770. The predicted octanol–water partition coefficient (Wildman–Crippen LogP) is -0.751. The zero-order valence-electron chi connectivity index (χ0n) is 7.75. The van der Waals surface area contributed by atoms with Gasteiger partial charge < -0.3 is 14.4 Å². The van der Waals surface area contributed by atoms with Crippen LogP contribution in [0.2, 0.25) is 0 Å². The van der Waals surface area contributed by atoms with Crippen LogP contribution in [-0.2, 0) is 19.3 Å². The van der Waals surface area contributed by atoms with Crippen molar-refractivity contribution < 1.29 is 27.0 Å². The van der Waals surface area contributed by atoms with E-state index in [9.17, 15) is 18.1 Å². The van der Waals surface area contributed by atoms with E-state index in [1.807, 2.05) is 6.92 Å². The monoisotopic (exact) mass is 225 g/mol. The first-order valence-electron chi connectivity index (χ1n) is 4.28. The highest BCUT2D eigenvalue weighted by Gasteiger charge is 2.27. The quantitative estimate of drug-likeness (QED) is 0.501. The van der Waals surface area contributed by atoms with Gasteiger partial charge in [0.05, 0.1) is 25.4 Å². The van der Waals surface area contributed by atoms with Crippen molar-refractivity contribution in [3.05, 3.63) is 0 Å². The zero-order valence-corrected chi connectivity index (χ0v) is 8.57. The molecule has 7 heteroatoms. The zero-order chi connectivity index (χ0) is 10.8. The molecule has 0 bridgehead atoms. The Morgan fingerprint density at radius 3 is 2.79 bits per heavy atom. The van der Waals surface area contributed by atoms with Crippen LogP contribution in [0.25, 0.3) is 0 Å². The summed E-state index contributed by atoms with van der Waals surface area (Å²) in [6.45, 7) is 1.84. The van der Waals surface area contributed by atoms with Crippen LogP contribution in [0.4, 0.5) is 0 Å². The fourth-order valence-corrected chi connectivity index (χ4v) is 1.56. The lowest BCUT2D eigenvalue weighted by Crippen LogP contribution is -2.38. The molecule has 3 atom stereocenters. The van der Waals surface area contributed by atoms with Gasteiger partial charge in [0.25, 0.3) is 0 Å². The molecule has 0 amide bonds. The van der Waals surface area contributed by atoms with Crippen molar-refractivity contribution in [1.29, 1.82) is 0 Å². The third-order valence-electron chi connectivity index (χ3n) is 2.15. The van der Waals surface area contributed by atoms with Gasteiger partial charge >= 0.3 is 0 Å². The summed E-state index contributed by atoms with van der Waals surface area (Å²) < 4.78 is 39.6. The van der Waals surface area contributed by atoms with Gasteiger partial charge in [0.2, 0.25) is 10.4 Å². The summed E-state index contributed by atoms with van der Waals surface area (Å²) in [7, 11) is -4.67. The molecule has 1 rings (SSSR count). The first-order valence-corrected chi connectivity index (χ1v) is 5.61. The second-order valence-corrected chi connectivity index (χ2v) is 4.48. The number of aliphatic hydroxyl groups excluding tert-OH is 1. The van der Waals surface area contributed by atoms with E-state index >= 15 is 0 Å². The average Bonchev–Trinajstić information content (AvgIpc) is 2.06. The Hall–Kier alpha value is -0.210. The second kappa shape index (κ2) is 4.54. The highest BCUT2D eigenvalue weighted by atomic mass is 32.3. The van der Waals surface area contributed by atoms with Crippen LogP contribution in [0, 0.1) is 5.92 Å². The predicted molar refractivity (Wildman–Crippen MR) is 45.2 cm³/mol. The van der Waals surface area contributed by atoms with Crippen LogP contribution in [0.5, 0.6) is 0 Å². The molecule has 6 nitrogen and oxygen atoms in total. The Bertz CT molecular complexity index is 274. The molecule has 1 aliphatic heterocycles. The molecule has 0 aliphatic carbocycles. The summed E-state index contributed by atoms with van der Waals surface area (Å²) >= 11 is 0. The molecule has 1 aliphatic rings. The normalized spacial score (nSPS) is 34.4. The largest absolute Gasteiger partial charge is 0.726 e. The van der Waals surface area contributed by atoms with E-state index in [2.05, 4.69) is 4.18 Å². The van der Waals surface area contributed by atoms with Gasteiger partial charge in [-0.05, 0) is 0 Å². The molecule has 3 unspecified atom stereocenters. The number of aliphatic hydroxyl groups is 1. The van der Waals surface area contributed by atoms with Crippen LogP contribution < -0.4 is 0 Å². The molecule has 1 fully saturated rings. The molecule has 0 aromatic heterocycles. The molecular formula is C7H13O6S-. The Kier molecular flexibility index (Phi) is 3.85. The number of ether oxygens (including phenoxy) is 1. The first kappa shape index (κ1) is 11.9. The van der Waals surface area contributed by atoms with Crippen LogP contribution in [0.1, 0.15) is 13.3 Å². The van der Waals surface area contributed by atoms with Crippen molar-refractivity contribution in [3.8, 4) is 0 Å². The summed E-state index contributed by atoms with van der Waals surface area (Å²) in [4.78, 5) is 0. The maximum Gasteiger partial charge on any atom is 0.217 e. The van der Waals surface area contributed by atoms with Crippen molar-refractivity contribution in [2.45, 2.75) is 25.6 Å². The maximum absolute atomic E-state index is 10.1. The molecule has 0 radical (unpaired) electrons.